The van der Waals surface area contributed by atoms with Gasteiger partial charge in [-0.3, -0.25) is 4.79 Å². The Labute approximate surface area is 113 Å². The molecule has 4 nitrogen and oxygen atoms in total. The number of aliphatic carboxylic acids is 1. The molecule has 1 atom stereocenters. The minimum absolute atomic E-state index is 0.129. The highest BCUT2D eigenvalue weighted by molar-refractivity contribution is 5.85. The molecule has 0 aliphatic rings. The molecule has 0 saturated carbocycles. The number of methoxy groups -OCH3 is 1. The molecular formula is C15H19NO3. The van der Waals surface area contributed by atoms with Crippen molar-refractivity contribution in [2.75, 3.05) is 7.11 Å². The summed E-state index contributed by atoms with van der Waals surface area (Å²) < 4.78 is 5.20. The van der Waals surface area contributed by atoms with Gasteiger partial charge >= 0.3 is 5.97 Å². The van der Waals surface area contributed by atoms with Crippen LogP contribution >= 0.6 is 0 Å². The lowest BCUT2D eigenvalue weighted by Gasteiger charge is -2.25. The van der Waals surface area contributed by atoms with Crippen molar-refractivity contribution in [3.8, 4) is 11.8 Å². The maximum Gasteiger partial charge on any atom is 0.328 e. The van der Waals surface area contributed by atoms with Crippen molar-refractivity contribution in [2.45, 2.75) is 38.5 Å². The Hall–Kier alpha value is -2.02. The molecule has 0 fully saturated rings. The molecule has 19 heavy (non-hydrogen) atoms. The van der Waals surface area contributed by atoms with Gasteiger partial charge in [0.2, 0.25) is 0 Å². The standard InChI is InChI=1S/C15H19NO3/c1-14(2,3)10-6-7-12(19-5)11(8-10)15(4,9-16)13(17)18/h6-8H,1-5H3,(H,17,18). The van der Waals surface area contributed by atoms with Crippen molar-refractivity contribution in [1.29, 1.82) is 5.26 Å². The van der Waals surface area contributed by atoms with Gasteiger partial charge in [-0.25, -0.2) is 0 Å². The Kier molecular flexibility index (Phi) is 3.90. The van der Waals surface area contributed by atoms with Crippen LogP contribution in [0.1, 0.15) is 38.8 Å². The Bertz CT molecular complexity index is 537. The number of nitriles is 1. The Morgan fingerprint density at radius 2 is 1.89 bits per heavy atom. The zero-order chi connectivity index (χ0) is 14.8. The van der Waals surface area contributed by atoms with E-state index in [9.17, 15) is 15.2 Å². The molecule has 1 unspecified atom stereocenters. The number of hydrogen-bond acceptors (Lipinski definition) is 3. The molecule has 0 heterocycles. The van der Waals surface area contributed by atoms with Crippen LogP contribution in [0.4, 0.5) is 0 Å². The molecule has 0 aromatic heterocycles. The lowest BCUT2D eigenvalue weighted by Crippen LogP contribution is -2.31. The maximum absolute atomic E-state index is 11.4. The van der Waals surface area contributed by atoms with E-state index < -0.39 is 11.4 Å². The first-order valence-corrected chi connectivity index (χ1v) is 6.00. The van der Waals surface area contributed by atoms with Gasteiger partial charge in [-0.2, -0.15) is 5.26 Å². The Morgan fingerprint density at radius 3 is 2.26 bits per heavy atom. The average molecular weight is 261 g/mol. The molecule has 0 aliphatic carbocycles. The summed E-state index contributed by atoms with van der Waals surface area (Å²) in [5, 5.41) is 18.6. The van der Waals surface area contributed by atoms with Crippen LogP contribution in [-0.4, -0.2) is 18.2 Å². The number of benzene rings is 1. The van der Waals surface area contributed by atoms with Crippen molar-refractivity contribution in [3.63, 3.8) is 0 Å². The van der Waals surface area contributed by atoms with Crippen LogP contribution in [0.5, 0.6) is 5.75 Å². The van der Waals surface area contributed by atoms with Crippen LogP contribution < -0.4 is 4.74 Å². The van der Waals surface area contributed by atoms with Gasteiger partial charge in [-0.1, -0.05) is 26.8 Å². The lowest BCUT2D eigenvalue weighted by atomic mass is 9.79. The highest BCUT2D eigenvalue weighted by Crippen LogP contribution is 2.35. The Balaban J connectivity index is 3.57. The smallest absolute Gasteiger partial charge is 0.328 e. The minimum atomic E-state index is -1.62. The molecule has 0 spiro atoms. The van der Waals surface area contributed by atoms with Crippen molar-refractivity contribution in [3.05, 3.63) is 29.3 Å². The van der Waals surface area contributed by atoms with Crippen LogP contribution in [0.25, 0.3) is 0 Å². The number of rotatable bonds is 3. The first-order chi connectivity index (χ1) is 8.66. The molecule has 1 N–H and O–H groups in total. The zero-order valence-corrected chi connectivity index (χ0v) is 11.9. The molecular weight excluding hydrogens is 242 g/mol. The minimum Gasteiger partial charge on any atom is -0.496 e. The van der Waals surface area contributed by atoms with E-state index in [4.69, 9.17) is 4.74 Å². The molecule has 1 rings (SSSR count). The van der Waals surface area contributed by atoms with E-state index in [1.807, 2.05) is 32.9 Å². The first-order valence-electron chi connectivity index (χ1n) is 6.00. The second-order valence-corrected chi connectivity index (χ2v) is 5.71. The predicted molar refractivity (Wildman–Crippen MR) is 72.3 cm³/mol. The summed E-state index contributed by atoms with van der Waals surface area (Å²) >= 11 is 0. The first kappa shape index (κ1) is 15.0. The zero-order valence-electron chi connectivity index (χ0n) is 11.9. The number of nitrogens with zero attached hydrogens (tertiary/aromatic N) is 1. The molecule has 0 bridgehead atoms. The van der Waals surface area contributed by atoms with Crippen LogP contribution in [0.15, 0.2) is 18.2 Å². The highest BCUT2D eigenvalue weighted by atomic mass is 16.5. The van der Waals surface area contributed by atoms with Gasteiger partial charge in [0.05, 0.1) is 13.2 Å². The summed E-state index contributed by atoms with van der Waals surface area (Å²) in [7, 11) is 1.47. The van der Waals surface area contributed by atoms with Crippen LogP contribution in [0.3, 0.4) is 0 Å². The monoisotopic (exact) mass is 261 g/mol. The van der Waals surface area contributed by atoms with E-state index in [2.05, 4.69) is 0 Å². The molecule has 1 aromatic rings. The third-order valence-electron chi connectivity index (χ3n) is 3.26. The fourth-order valence-electron chi connectivity index (χ4n) is 1.79. The van der Waals surface area contributed by atoms with Gasteiger partial charge in [-0.05, 0) is 30.0 Å². The SMILES string of the molecule is COc1ccc(C(C)(C)C)cc1C(C)(C#N)C(=O)O. The molecule has 0 saturated heterocycles. The summed E-state index contributed by atoms with van der Waals surface area (Å²) in [6.45, 7) is 7.48. The molecule has 4 heteroatoms. The number of carboxylic acids is 1. The summed E-state index contributed by atoms with van der Waals surface area (Å²) in [5.41, 5.74) is -0.397. The van der Waals surface area contributed by atoms with E-state index >= 15 is 0 Å². The van der Waals surface area contributed by atoms with Gasteiger partial charge in [-0.15, -0.1) is 0 Å². The van der Waals surface area contributed by atoms with Crippen molar-refractivity contribution < 1.29 is 14.6 Å². The summed E-state index contributed by atoms with van der Waals surface area (Å²) in [6.07, 6.45) is 0. The van der Waals surface area contributed by atoms with Crippen molar-refractivity contribution in [1.82, 2.24) is 0 Å². The summed E-state index contributed by atoms with van der Waals surface area (Å²) in [6, 6.07) is 7.22. The van der Waals surface area contributed by atoms with Gasteiger partial charge in [0, 0.05) is 5.56 Å². The van der Waals surface area contributed by atoms with Crippen LogP contribution in [-0.2, 0) is 15.6 Å². The van der Waals surface area contributed by atoms with E-state index in [-0.39, 0.29) is 5.41 Å². The molecule has 0 radical (unpaired) electrons. The Morgan fingerprint density at radius 1 is 1.32 bits per heavy atom. The summed E-state index contributed by atoms with van der Waals surface area (Å²) in [4.78, 5) is 11.4. The quantitative estimate of drug-likeness (QED) is 0.908. The number of carbonyl (C=O) groups is 1. The number of carboxylic acid groups (broad SMARTS) is 1. The second-order valence-electron chi connectivity index (χ2n) is 5.71. The topological polar surface area (TPSA) is 70.3 Å². The molecule has 1 aromatic carbocycles. The third-order valence-corrected chi connectivity index (χ3v) is 3.26. The maximum atomic E-state index is 11.4. The number of ether oxygens (including phenoxy) is 1. The van der Waals surface area contributed by atoms with Gasteiger partial charge in [0.1, 0.15) is 5.75 Å². The highest BCUT2D eigenvalue weighted by Gasteiger charge is 2.38. The second kappa shape index (κ2) is 4.93. The van der Waals surface area contributed by atoms with Crippen molar-refractivity contribution in [2.24, 2.45) is 0 Å². The third kappa shape index (κ3) is 2.70. The largest absolute Gasteiger partial charge is 0.496 e. The fourth-order valence-corrected chi connectivity index (χ4v) is 1.79. The summed E-state index contributed by atoms with van der Waals surface area (Å²) in [5.74, 6) is -0.765. The van der Waals surface area contributed by atoms with Crippen LogP contribution in [0.2, 0.25) is 0 Å². The van der Waals surface area contributed by atoms with Crippen molar-refractivity contribution >= 4 is 5.97 Å². The molecule has 102 valence electrons. The van der Waals surface area contributed by atoms with Gasteiger partial charge < -0.3 is 9.84 Å². The van der Waals surface area contributed by atoms with E-state index in [1.165, 1.54) is 14.0 Å². The lowest BCUT2D eigenvalue weighted by molar-refractivity contribution is -0.141. The molecule has 0 amide bonds. The fraction of sp³-hybridized carbons (Fsp3) is 0.467. The van der Waals surface area contributed by atoms with Gasteiger partial charge in [0.25, 0.3) is 0 Å². The van der Waals surface area contributed by atoms with Crippen LogP contribution in [0, 0.1) is 11.3 Å². The number of hydrogen-bond donors (Lipinski definition) is 1. The van der Waals surface area contributed by atoms with E-state index in [1.54, 1.807) is 12.1 Å². The molecule has 0 aliphatic heterocycles. The van der Waals surface area contributed by atoms with E-state index in [0.717, 1.165) is 5.56 Å². The van der Waals surface area contributed by atoms with Gasteiger partial charge in [0.15, 0.2) is 5.41 Å². The normalized spacial score (nSPS) is 14.3. The average Bonchev–Trinajstić information content (AvgIpc) is 2.35. The predicted octanol–water partition coefficient (Wildman–Crippen LogP) is 2.86. The van der Waals surface area contributed by atoms with E-state index in [0.29, 0.717) is 11.3 Å².